The maximum Gasteiger partial charge on any atom is 0.253 e. The molecule has 1 atom stereocenters. The van der Waals surface area contributed by atoms with E-state index in [1.165, 1.54) is 17.8 Å². The Morgan fingerprint density at radius 1 is 1.08 bits per heavy atom. The quantitative estimate of drug-likeness (QED) is 0.252. The minimum atomic E-state index is -0.390. The van der Waals surface area contributed by atoms with Crippen molar-refractivity contribution in [1.82, 2.24) is 20.1 Å². The Morgan fingerprint density at radius 2 is 1.81 bits per heavy atom. The summed E-state index contributed by atoms with van der Waals surface area (Å²) in [5.41, 5.74) is 1.02. The van der Waals surface area contributed by atoms with Crippen LogP contribution in [0, 0.1) is 5.92 Å². The molecule has 1 heterocycles. The van der Waals surface area contributed by atoms with Gasteiger partial charge < -0.3 is 19.9 Å². The Bertz CT molecular complexity index is 1220. The van der Waals surface area contributed by atoms with E-state index >= 15 is 0 Å². The van der Waals surface area contributed by atoms with Gasteiger partial charge in [-0.2, -0.15) is 0 Å². The molecule has 198 valence electrons. The number of ether oxygens (including phenoxy) is 1. The second-order valence-corrected chi connectivity index (χ2v) is 10.4. The van der Waals surface area contributed by atoms with Crippen LogP contribution in [0.2, 0.25) is 10.0 Å². The number of aromatic nitrogens is 3. The van der Waals surface area contributed by atoms with Crippen LogP contribution < -0.4 is 15.4 Å². The second-order valence-electron chi connectivity index (χ2n) is 8.66. The highest BCUT2D eigenvalue weighted by Gasteiger charge is 2.25. The molecule has 2 amide bonds. The first kappa shape index (κ1) is 28.8. The fourth-order valence-corrected chi connectivity index (χ4v) is 5.00. The molecule has 11 heteroatoms. The van der Waals surface area contributed by atoms with Crippen molar-refractivity contribution >= 4 is 52.5 Å². The number of carbonyl (C=O) groups is 2. The van der Waals surface area contributed by atoms with Gasteiger partial charge >= 0.3 is 0 Å². The molecular formula is C26H31Cl2N5O3S. The average molecular weight is 565 g/mol. The normalized spacial score (nSPS) is 11.9. The number of halogens is 2. The highest BCUT2D eigenvalue weighted by molar-refractivity contribution is 7.99. The van der Waals surface area contributed by atoms with Crippen molar-refractivity contribution in [2.24, 2.45) is 5.92 Å². The van der Waals surface area contributed by atoms with E-state index in [-0.39, 0.29) is 28.5 Å². The van der Waals surface area contributed by atoms with Crippen LogP contribution in [0.15, 0.2) is 47.6 Å². The summed E-state index contributed by atoms with van der Waals surface area (Å²) in [5, 5.41) is 16.0. The molecule has 0 unspecified atom stereocenters. The van der Waals surface area contributed by atoms with Crippen LogP contribution in [-0.4, -0.2) is 38.9 Å². The molecule has 0 bridgehead atoms. The van der Waals surface area contributed by atoms with Crippen LogP contribution in [0.4, 0.5) is 5.69 Å². The molecule has 0 saturated carbocycles. The van der Waals surface area contributed by atoms with Gasteiger partial charge in [0.05, 0.1) is 29.0 Å². The number of rotatable bonds is 12. The number of thioether (sulfide) groups is 1. The van der Waals surface area contributed by atoms with Gasteiger partial charge in [0, 0.05) is 17.3 Å². The molecular weight excluding hydrogens is 533 g/mol. The number of nitrogens with one attached hydrogen (secondary N) is 2. The lowest BCUT2D eigenvalue weighted by molar-refractivity contribution is -0.113. The highest BCUT2D eigenvalue weighted by Crippen LogP contribution is 2.27. The first-order chi connectivity index (χ1) is 17.7. The van der Waals surface area contributed by atoms with Crippen molar-refractivity contribution in [3.63, 3.8) is 0 Å². The van der Waals surface area contributed by atoms with Gasteiger partial charge in [0.1, 0.15) is 5.75 Å². The number of anilines is 1. The molecule has 0 aliphatic carbocycles. The van der Waals surface area contributed by atoms with Crippen molar-refractivity contribution in [1.29, 1.82) is 0 Å². The minimum absolute atomic E-state index is 0.160. The first-order valence-electron chi connectivity index (χ1n) is 12.1. The fraction of sp³-hybridized carbons (Fsp3) is 0.385. The SMILES string of the molecule is CCOc1ccc(NC(=O)CSc2nnc([C@@H](CC(C)C)NC(=O)c3ccc(Cl)cc3Cl)n2CC)cc1. The van der Waals surface area contributed by atoms with Gasteiger partial charge in [-0.25, -0.2) is 0 Å². The summed E-state index contributed by atoms with van der Waals surface area (Å²) in [7, 11) is 0. The molecule has 2 aromatic carbocycles. The summed E-state index contributed by atoms with van der Waals surface area (Å²) in [6, 6.07) is 11.6. The van der Waals surface area contributed by atoms with Gasteiger partial charge in [0.15, 0.2) is 11.0 Å². The van der Waals surface area contributed by atoms with Gasteiger partial charge in [0.2, 0.25) is 5.91 Å². The zero-order valence-corrected chi connectivity index (χ0v) is 23.6. The number of benzene rings is 2. The molecule has 0 aliphatic rings. The van der Waals surface area contributed by atoms with Crippen molar-refractivity contribution in [2.45, 2.75) is 51.9 Å². The van der Waals surface area contributed by atoms with E-state index < -0.39 is 6.04 Å². The van der Waals surface area contributed by atoms with Crippen LogP contribution in [0.1, 0.15) is 56.3 Å². The van der Waals surface area contributed by atoms with Crippen molar-refractivity contribution in [3.05, 3.63) is 63.9 Å². The Labute approximate surface area is 231 Å². The lowest BCUT2D eigenvalue weighted by atomic mass is 10.0. The fourth-order valence-electron chi connectivity index (χ4n) is 3.70. The molecule has 0 saturated heterocycles. The van der Waals surface area contributed by atoms with Crippen LogP contribution in [0.5, 0.6) is 5.75 Å². The summed E-state index contributed by atoms with van der Waals surface area (Å²) in [6.07, 6.45) is 0.651. The van der Waals surface area contributed by atoms with Crippen molar-refractivity contribution in [2.75, 3.05) is 17.7 Å². The number of hydrogen-bond acceptors (Lipinski definition) is 6. The molecule has 0 radical (unpaired) electrons. The van der Waals surface area contributed by atoms with Gasteiger partial charge in [-0.05, 0) is 68.7 Å². The van der Waals surface area contributed by atoms with Gasteiger partial charge in [-0.3, -0.25) is 9.59 Å². The second kappa shape index (κ2) is 13.7. The van der Waals surface area contributed by atoms with E-state index in [0.29, 0.717) is 46.8 Å². The summed E-state index contributed by atoms with van der Waals surface area (Å²) in [4.78, 5) is 25.6. The van der Waals surface area contributed by atoms with Crippen LogP contribution in [-0.2, 0) is 11.3 Å². The molecule has 0 spiro atoms. The first-order valence-corrected chi connectivity index (χ1v) is 13.8. The van der Waals surface area contributed by atoms with E-state index in [9.17, 15) is 9.59 Å². The highest BCUT2D eigenvalue weighted by atomic mass is 35.5. The topological polar surface area (TPSA) is 98.1 Å². The smallest absolute Gasteiger partial charge is 0.253 e. The van der Waals surface area contributed by atoms with E-state index in [0.717, 1.165) is 5.75 Å². The number of carbonyl (C=O) groups excluding carboxylic acids is 2. The van der Waals surface area contributed by atoms with E-state index in [2.05, 4.69) is 34.7 Å². The van der Waals surface area contributed by atoms with Gasteiger partial charge in [-0.15, -0.1) is 10.2 Å². The minimum Gasteiger partial charge on any atom is -0.494 e. The molecule has 0 aliphatic heterocycles. The summed E-state index contributed by atoms with van der Waals surface area (Å²) in [5.74, 6) is 1.34. The largest absolute Gasteiger partial charge is 0.494 e. The lowest BCUT2D eigenvalue weighted by Crippen LogP contribution is -2.31. The van der Waals surface area contributed by atoms with E-state index in [4.69, 9.17) is 27.9 Å². The van der Waals surface area contributed by atoms with Crippen LogP contribution in [0.3, 0.4) is 0 Å². The maximum absolute atomic E-state index is 13.0. The zero-order chi connectivity index (χ0) is 26.9. The number of hydrogen-bond donors (Lipinski definition) is 2. The Kier molecular flexibility index (Phi) is 10.7. The van der Waals surface area contributed by atoms with Gasteiger partial charge in [0.25, 0.3) is 5.91 Å². The van der Waals surface area contributed by atoms with Crippen LogP contribution >= 0.6 is 35.0 Å². The lowest BCUT2D eigenvalue weighted by Gasteiger charge is -2.21. The zero-order valence-electron chi connectivity index (χ0n) is 21.3. The predicted molar refractivity (Wildman–Crippen MR) is 149 cm³/mol. The monoisotopic (exact) mass is 563 g/mol. The van der Waals surface area contributed by atoms with Gasteiger partial charge in [-0.1, -0.05) is 48.8 Å². The van der Waals surface area contributed by atoms with Crippen molar-refractivity contribution < 1.29 is 14.3 Å². The third kappa shape index (κ3) is 8.12. The van der Waals surface area contributed by atoms with Crippen molar-refractivity contribution in [3.8, 4) is 5.75 Å². The van der Waals surface area contributed by atoms with E-state index in [1.807, 2.05) is 30.5 Å². The van der Waals surface area contributed by atoms with Crippen LogP contribution in [0.25, 0.3) is 0 Å². The average Bonchev–Trinajstić information content (AvgIpc) is 3.26. The molecule has 8 nitrogen and oxygen atoms in total. The number of amides is 2. The molecule has 3 aromatic rings. The third-order valence-electron chi connectivity index (χ3n) is 5.34. The standard InChI is InChI=1S/C26H31Cl2N5O3S/c1-5-33-24(22(13-16(3)4)30-25(35)20-12-7-17(27)14-21(20)28)31-32-26(33)37-15-23(34)29-18-8-10-19(11-9-18)36-6-2/h7-12,14,16,22H,5-6,13,15H2,1-4H3,(H,29,34)(H,30,35)/t22-/m1/s1. The van der Waals surface area contributed by atoms with E-state index in [1.54, 1.807) is 24.3 Å². The molecule has 1 aromatic heterocycles. The summed E-state index contributed by atoms with van der Waals surface area (Å²) in [6.45, 7) is 9.20. The third-order valence-corrected chi connectivity index (χ3v) is 6.86. The Hall–Kier alpha value is -2.75. The number of nitrogens with zero attached hydrogens (tertiary/aromatic N) is 3. The Morgan fingerprint density at radius 3 is 2.43 bits per heavy atom. The Balaban J connectivity index is 1.70. The molecule has 2 N–H and O–H groups in total. The molecule has 37 heavy (non-hydrogen) atoms. The maximum atomic E-state index is 13.0. The molecule has 0 fully saturated rings. The molecule has 3 rings (SSSR count). The summed E-state index contributed by atoms with van der Waals surface area (Å²) >= 11 is 13.5. The predicted octanol–water partition coefficient (Wildman–Crippen LogP) is 6.25. The summed E-state index contributed by atoms with van der Waals surface area (Å²) < 4.78 is 7.35.